The average molecular weight is 242 g/mol. The molecule has 0 radical (unpaired) electrons. The number of hydrogen-bond acceptors (Lipinski definition) is 3. The van der Waals surface area contributed by atoms with Crippen LogP contribution in [0.4, 0.5) is 0 Å². The SMILES string of the molecule is CCOC(=O)C(C(C)C)C1(O)CCC(CC)C1. The normalized spacial score (nSPS) is 30.6. The number of ether oxygens (including phenoxy) is 1. The fourth-order valence-electron chi connectivity index (χ4n) is 3.13. The fourth-order valence-corrected chi connectivity index (χ4v) is 3.13. The van der Waals surface area contributed by atoms with Gasteiger partial charge in [-0.1, -0.05) is 27.2 Å². The topological polar surface area (TPSA) is 46.5 Å². The summed E-state index contributed by atoms with van der Waals surface area (Å²) in [5.74, 6) is 0.0612. The van der Waals surface area contributed by atoms with Gasteiger partial charge in [-0.15, -0.1) is 0 Å². The molecule has 0 aliphatic heterocycles. The van der Waals surface area contributed by atoms with Crippen molar-refractivity contribution in [1.29, 1.82) is 0 Å². The highest BCUT2D eigenvalue weighted by Gasteiger charge is 2.48. The number of esters is 1. The minimum Gasteiger partial charge on any atom is -0.466 e. The highest BCUT2D eigenvalue weighted by molar-refractivity contribution is 5.74. The van der Waals surface area contributed by atoms with Gasteiger partial charge < -0.3 is 9.84 Å². The van der Waals surface area contributed by atoms with Gasteiger partial charge >= 0.3 is 5.97 Å². The lowest BCUT2D eigenvalue weighted by molar-refractivity contribution is -0.161. The van der Waals surface area contributed by atoms with Crippen LogP contribution < -0.4 is 0 Å². The average Bonchev–Trinajstić information content (AvgIpc) is 2.60. The zero-order chi connectivity index (χ0) is 13.1. The third-order valence-electron chi connectivity index (χ3n) is 3.99. The molecule has 0 bridgehead atoms. The first-order valence-corrected chi connectivity index (χ1v) is 6.83. The third kappa shape index (κ3) is 3.21. The van der Waals surface area contributed by atoms with Gasteiger partial charge in [0.1, 0.15) is 0 Å². The number of rotatable bonds is 5. The van der Waals surface area contributed by atoms with Gasteiger partial charge in [0.2, 0.25) is 0 Å². The smallest absolute Gasteiger partial charge is 0.312 e. The van der Waals surface area contributed by atoms with Crippen LogP contribution in [0.25, 0.3) is 0 Å². The molecule has 1 aliphatic carbocycles. The van der Waals surface area contributed by atoms with Gasteiger partial charge in [0.25, 0.3) is 0 Å². The molecule has 0 aromatic carbocycles. The van der Waals surface area contributed by atoms with Crippen molar-refractivity contribution in [3.8, 4) is 0 Å². The standard InChI is InChI=1S/C14H26O3/c1-5-11-7-8-14(16,9-11)12(10(3)4)13(15)17-6-2/h10-12,16H,5-9H2,1-4H3. The molecular weight excluding hydrogens is 216 g/mol. The molecule has 0 heterocycles. The van der Waals surface area contributed by atoms with Crippen LogP contribution >= 0.6 is 0 Å². The second-order valence-corrected chi connectivity index (χ2v) is 5.59. The van der Waals surface area contributed by atoms with Crippen LogP contribution in [-0.4, -0.2) is 23.3 Å². The van der Waals surface area contributed by atoms with Crippen LogP contribution in [0.15, 0.2) is 0 Å². The lowest BCUT2D eigenvalue weighted by Gasteiger charge is -2.34. The Kier molecular flexibility index (Phi) is 4.99. The maximum atomic E-state index is 12.0. The summed E-state index contributed by atoms with van der Waals surface area (Å²) < 4.78 is 5.11. The Morgan fingerprint density at radius 3 is 2.53 bits per heavy atom. The molecule has 0 amide bonds. The van der Waals surface area contributed by atoms with E-state index in [-0.39, 0.29) is 17.8 Å². The fraction of sp³-hybridized carbons (Fsp3) is 0.929. The van der Waals surface area contributed by atoms with Crippen LogP contribution in [0.1, 0.15) is 53.4 Å². The molecular formula is C14H26O3. The Hall–Kier alpha value is -0.570. The molecule has 1 rings (SSSR count). The van der Waals surface area contributed by atoms with Crippen LogP contribution in [0.3, 0.4) is 0 Å². The number of aliphatic hydroxyl groups is 1. The van der Waals surface area contributed by atoms with Gasteiger partial charge in [0, 0.05) is 0 Å². The molecule has 1 fully saturated rings. The summed E-state index contributed by atoms with van der Waals surface area (Å²) in [5.41, 5.74) is -0.846. The molecule has 1 aliphatic rings. The van der Waals surface area contributed by atoms with Crippen molar-refractivity contribution in [3.05, 3.63) is 0 Å². The molecule has 100 valence electrons. The first-order chi connectivity index (χ1) is 7.94. The molecule has 0 aromatic heterocycles. The zero-order valence-electron chi connectivity index (χ0n) is 11.5. The Morgan fingerprint density at radius 2 is 2.12 bits per heavy atom. The van der Waals surface area contributed by atoms with Crippen molar-refractivity contribution in [2.75, 3.05) is 6.61 Å². The van der Waals surface area contributed by atoms with Crippen LogP contribution in [0.2, 0.25) is 0 Å². The van der Waals surface area contributed by atoms with E-state index in [1.54, 1.807) is 0 Å². The van der Waals surface area contributed by atoms with Crippen molar-refractivity contribution in [2.45, 2.75) is 59.0 Å². The van der Waals surface area contributed by atoms with E-state index >= 15 is 0 Å². The molecule has 3 heteroatoms. The number of carbonyl (C=O) groups is 1. The molecule has 3 atom stereocenters. The quantitative estimate of drug-likeness (QED) is 0.754. The highest BCUT2D eigenvalue weighted by Crippen LogP contribution is 2.43. The van der Waals surface area contributed by atoms with Crippen LogP contribution in [-0.2, 0) is 9.53 Å². The van der Waals surface area contributed by atoms with Gasteiger partial charge in [0.05, 0.1) is 18.1 Å². The molecule has 0 spiro atoms. The van der Waals surface area contributed by atoms with E-state index in [1.165, 1.54) is 0 Å². The van der Waals surface area contributed by atoms with E-state index in [0.717, 1.165) is 25.7 Å². The summed E-state index contributed by atoms with van der Waals surface area (Å²) in [6.07, 6.45) is 3.57. The predicted octanol–water partition coefficient (Wildman–Crippen LogP) is 2.76. The van der Waals surface area contributed by atoms with E-state index in [1.807, 2.05) is 20.8 Å². The largest absolute Gasteiger partial charge is 0.466 e. The monoisotopic (exact) mass is 242 g/mol. The summed E-state index contributed by atoms with van der Waals surface area (Å²) in [6, 6.07) is 0. The van der Waals surface area contributed by atoms with Crippen molar-refractivity contribution >= 4 is 5.97 Å². The molecule has 0 saturated heterocycles. The summed E-state index contributed by atoms with van der Waals surface area (Å²) in [5, 5.41) is 10.7. The number of carbonyl (C=O) groups excluding carboxylic acids is 1. The molecule has 3 unspecified atom stereocenters. The van der Waals surface area contributed by atoms with E-state index in [4.69, 9.17) is 4.74 Å². The lowest BCUT2D eigenvalue weighted by atomic mass is 9.78. The van der Waals surface area contributed by atoms with E-state index in [9.17, 15) is 9.90 Å². The minimum atomic E-state index is -0.846. The summed E-state index contributed by atoms with van der Waals surface area (Å²) >= 11 is 0. The molecule has 1 saturated carbocycles. The maximum absolute atomic E-state index is 12.0. The van der Waals surface area contributed by atoms with Crippen LogP contribution in [0.5, 0.6) is 0 Å². The van der Waals surface area contributed by atoms with Gasteiger partial charge in [0.15, 0.2) is 0 Å². The third-order valence-corrected chi connectivity index (χ3v) is 3.99. The Bertz CT molecular complexity index is 262. The van der Waals surface area contributed by atoms with E-state index in [0.29, 0.717) is 12.5 Å². The van der Waals surface area contributed by atoms with Crippen molar-refractivity contribution < 1.29 is 14.6 Å². The second-order valence-electron chi connectivity index (χ2n) is 5.59. The van der Waals surface area contributed by atoms with E-state index < -0.39 is 5.60 Å². The van der Waals surface area contributed by atoms with Gasteiger partial charge in [-0.3, -0.25) is 4.79 Å². The van der Waals surface area contributed by atoms with Gasteiger partial charge in [-0.2, -0.15) is 0 Å². The lowest BCUT2D eigenvalue weighted by Crippen LogP contribution is -2.44. The van der Waals surface area contributed by atoms with Gasteiger partial charge in [-0.25, -0.2) is 0 Å². The van der Waals surface area contributed by atoms with Crippen molar-refractivity contribution in [2.24, 2.45) is 17.8 Å². The first kappa shape index (κ1) is 14.5. The molecule has 17 heavy (non-hydrogen) atoms. The summed E-state index contributed by atoms with van der Waals surface area (Å²) in [4.78, 5) is 12.0. The molecule has 1 N–H and O–H groups in total. The second kappa shape index (κ2) is 5.85. The Balaban J connectivity index is 2.80. The predicted molar refractivity (Wildman–Crippen MR) is 67.5 cm³/mol. The molecule has 0 aromatic rings. The van der Waals surface area contributed by atoms with Crippen molar-refractivity contribution in [3.63, 3.8) is 0 Å². The van der Waals surface area contributed by atoms with Crippen LogP contribution in [0, 0.1) is 17.8 Å². The first-order valence-electron chi connectivity index (χ1n) is 6.83. The summed E-state index contributed by atoms with van der Waals surface area (Å²) in [6.45, 7) is 8.31. The Morgan fingerprint density at radius 1 is 1.47 bits per heavy atom. The summed E-state index contributed by atoms with van der Waals surface area (Å²) in [7, 11) is 0. The van der Waals surface area contributed by atoms with E-state index in [2.05, 4.69) is 6.92 Å². The van der Waals surface area contributed by atoms with Crippen molar-refractivity contribution in [1.82, 2.24) is 0 Å². The minimum absolute atomic E-state index is 0.120. The number of hydrogen-bond donors (Lipinski definition) is 1. The Labute approximate surface area is 105 Å². The molecule has 3 nitrogen and oxygen atoms in total. The van der Waals surface area contributed by atoms with Gasteiger partial charge in [-0.05, 0) is 38.0 Å². The maximum Gasteiger partial charge on any atom is 0.312 e. The zero-order valence-corrected chi connectivity index (χ0v) is 11.5. The highest BCUT2D eigenvalue weighted by atomic mass is 16.5.